The van der Waals surface area contributed by atoms with E-state index in [0.717, 1.165) is 26.4 Å². The summed E-state index contributed by atoms with van der Waals surface area (Å²) in [5, 5.41) is 9.80. The first kappa shape index (κ1) is 13.2. The van der Waals surface area contributed by atoms with Gasteiger partial charge in [-0.15, -0.1) is 0 Å². The fraction of sp³-hybridized carbons (Fsp3) is 0.0667. The van der Waals surface area contributed by atoms with Crippen LogP contribution in [0.25, 0.3) is 11.0 Å². The Morgan fingerprint density at radius 1 is 1.20 bits per heavy atom. The highest BCUT2D eigenvalue weighted by molar-refractivity contribution is 9.10. The largest absolute Gasteiger partial charge is 0.314 e. The molecule has 0 aliphatic carbocycles. The molecule has 1 aromatic heterocycles. The minimum absolute atomic E-state index is 0.695. The van der Waals surface area contributed by atoms with Crippen LogP contribution >= 0.6 is 27.7 Å². The molecule has 5 heteroatoms. The van der Waals surface area contributed by atoms with Gasteiger partial charge in [0.05, 0.1) is 11.6 Å². The zero-order valence-corrected chi connectivity index (χ0v) is 12.9. The number of benzene rings is 2. The first-order valence-corrected chi connectivity index (χ1v) is 7.85. The van der Waals surface area contributed by atoms with Gasteiger partial charge in [0.15, 0.2) is 11.0 Å². The smallest absolute Gasteiger partial charge is 0.231 e. The molecule has 0 radical (unpaired) electrons. The molecular formula is C15H11BrN3S+. The molecule has 20 heavy (non-hydrogen) atoms. The number of aromatic nitrogens is 2. The zero-order chi connectivity index (χ0) is 13.9. The van der Waals surface area contributed by atoms with Gasteiger partial charge in [-0.3, -0.25) is 0 Å². The van der Waals surface area contributed by atoms with E-state index < -0.39 is 0 Å². The molecule has 3 aromatic rings. The van der Waals surface area contributed by atoms with Crippen molar-refractivity contribution in [3.8, 4) is 6.07 Å². The van der Waals surface area contributed by atoms with Gasteiger partial charge in [-0.25, -0.2) is 9.97 Å². The van der Waals surface area contributed by atoms with Crippen LogP contribution in [0.5, 0.6) is 0 Å². The van der Waals surface area contributed by atoms with E-state index in [9.17, 15) is 0 Å². The molecule has 0 amide bonds. The number of nitrogens with one attached hydrogen (secondary N) is 2. The van der Waals surface area contributed by atoms with Gasteiger partial charge < -0.3 is 0 Å². The number of halogens is 1. The van der Waals surface area contributed by atoms with Crippen molar-refractivity contribution in [2.45, 2.75) is 10.9 Å². The van der Waals surface area contributed by atoms with Crippen LogP contribution in [-0.4, -0.2) is 4.98 Å². The van der Waals surface area contributed by atoms with Crippen LogP contribution in [-0.2, 0) is 5.75 Å². The second kappa shape index (κ2) is 5.70. The standard InChI is InChI=1S/C15H10BrN3S/c16-12-5-6-13-14(7-12)19-15(18-13)20-9-11-3-1-10(8-17)2-4-11/h1-7H,9H2,(H,18,19)/p+1. The van der Waals surface area contributed by atoms with E-state index in [0.29, 0.717) is 5.56 Å². The number of nitrogens with zero attached hydrogens (tertiary/aromatic N) is 1. The maximum atomic E-state index is 8.77. The summed E-state index contributed by atoms with van der Waals surface area (Å²) in [4.78, 5) is 6.70. The average Bonchev–Trinajstić information content (AvgIpc) is 2.87. The molecule has 2 aromatic carbocycles. The van der Waals surface area contributed by atoms with E-state index in [1.165, 1.54) is 5.56 Å². The molecule has 0 unspecified atom stereocenters. The minimum Gasteiger partial charge on any atom is -0.231 e. The zero-order valence-electron chi connectivity index (χ0n) is 10.5. The predicted molar refractivity (Wildman–Crippen MR) is 83.3 cm³/mol. The summed E-state index contributed by atoms with van der Waals surface area (Å²) >= 11 is 5.17. The molecule has 0 fully saturated rings. The molecule has 3 nitrogen and oxygen atoms in total. The van der Waals surface area contributed by atoms with Gasteiger partial charge in [0.1, 0.15) is 0 Å². The van der Waals surface area contributed by atoms with E-state index in [1.54, 1.807) is 11.8 Å². The minimum atomic E-state index is 0.695. The van der Waals surface area contributed by atoms with E-state index in [4.69, 9.17) is 5.26 Å². The third kappa shape index (κ3) is 2.87. The van der Waals surface area contributed by atoms with Crippen molar-refractivity contribution in [3.63, 3.8) is 0 Å². The Morgan fingerprint density at radius 3 is 2.75 bits per heavy atom. The lowest BCUT2D eigenvalue weighted by Crippen LogP contribution is -2.01. The number of fused-ring (bicyclic) bond motifs is 1. The van der Waals surface area contributed by atoms with E-state index in [-0.39, 0.29) is 0 Å². The third-order valence-electron chi connectivity index (χ3n) is 2.94. The topological polar surface area (TPSA) is 53.7 Å². The van der Waals surface area contributed by atoms with Crippen molar-refractivity contribution >= 4 is 38.7 Å². The molecule has 3 rings (SSSR count). The van der Waals surface area contributed by atoms with Crippen LogP contribution < -0.4 is 4.98 Å². The second-order valence-electron chi connectivity index (χ2n) is 4.37. The average molecular weight is 345 g/mol. The highest BCUT2D eigenvalue weighted by atomic mass is 79.9. The highest BCUT2D eigenvalue weighted by Gasteiger charge is 2.10. The van der Waals surface area contributed by atoms with Gasteiger partial charge in [-0.2, -0.15) is 5.26 Å². The van der Waals surface area contributed by atoms with Crippen molar-refractivity contribution in [3.05, 3.63) is 58.1 Å². The van der Waals surface area contributed by atoms with Crippen LogP contribution in [0.1, 0.15) is 11.1 Å². The van der Waals surface area contributed by atoms with Gasteiger partial charge in [0, 0.05) is 16.3 Å². The summed E-state index contributed by atoms with van der Waals surface area (Å²) in [5.74, 6) is 0.857. The number of imidazole rings is 1. The van der Waals surface area contributed by atoms with Crippen LogP contribution in [0.15, 0.2) is 52.1 Å². The van der Waals surface area contributed by atoms with E-state index in [1.807, 2.05) is 36.4 Å². The lowest BCUT2D eigenvalue weighted by molar-refractivity contribution is -0.396. The van der Waals surface area contributed by atoms with Crippen LogP contribution in [0.3, 0.4) is 0 Å². The van der Waals surface area contributed by atoms with Crippen molar-refractivity contribution in [1.29, 1.82) is 5.26 Å². The number of nitriles is 1. The van der Waals surface area contributed by atoms with Crippen molar-refractivity contribution < 1.29 is 4.98 Å². The van der Waals surface area contributed by atoms with Crippen LogP contribution in [0.4, 0.5) is 0 Å². The molecule has 0 bridgehead atoms. The normalized spacial score (nSPS) is 10.6. The van der Waals surface area contributed by atoms with Crippen LogP contribution in [0, 0.1) is 11.3 Å². The molecule has 0 aliphatic heterocycles. The number of hydrogen-bond donors (Lipinski definition) is 1. The molecule has 98 valence electrons. The number of rotatable bonds is 3. The fourth-order valence-corrected chi connectivity index (χ4v) is 3.14. The van der Waals surface area contributed by atoms with Crippen molar-refractivity contribution in [2.24, 2.45) is 0 Å². The molecule has 0 spiro atoms. The Balaban J connectivity index is 1.74. The van der Waals surface area contributed by atoms with Crippen molar-refractivity contribution in [1.82, 2.24) is 4.98 Å². The predicted octanol–water partition coefficient (Wildman–Crippen LogP) is 3.91. The SMILES string of the molecule is N#Cc1ccc(CSc2[nH]c3cc(Br)ccc3[nH+]2)cc1. The van der Waals surface area contributed by atoms with Gasteiger partial charge in [0.25, 0.3) is 0 Å². The Kier molecular flexibility index (Phi) is 3.77. The Morgan fingerprint density at radius 2 is 2.00 bits per heavy atom. The highest BCUT2D eigenvalue weighted by Crippen LogP contribution is 2.22. The van der Waals surface area contributed by atoms with Gasteiger partial charge >= 0.3 is 5.16 Å². The summed E-state index contributed by atoms with van der Waals surface area (Å²) in [5.41, 5.74) is 4.07. The fourth-order valence-electron chi connectivity index (χ4n) is 1.91. The number of H-pyrrole nitrogens is 2. The molecule has 0 atom stereocenters. The Hall–Kier alpha value is -1.77. The summed E-state index contributed by atoms with van der Waals surface area (Å²) in [6, 6.07) is 15.9. The molecule has 2 N–H and O–H groups in total. The van der Waals surface area contributed by atoms with E-state index >= 15 is 0 Å². The number of thioether (sulfide) groups is 1. The molecule has 0 saturated carbocycles. The quantitative estimate of drug-likeness (QED) is 0.732. The molecule has 0 saturated heterocycles. The van der Waals surface area contributed by atoms with Crippen molar-refractivity contribution in [2.75, 3.05) is 0 Å². The Bertz CT molecular complexity index is 787. The Labute approximate surface area is 129 Å². The summed E-state index contributed by atoms with van der Waals surface area (Å²) in [6.07, 6.45) is 0. The summed E-state index contributed by atoms with van der Waals surface area (Å²) in [6.45, 7) is 0. The summed E-state index contributed by atoms with van der Waals surface area (Å²) in [7, 11) is 0. The second-order valence-corrected chi connectivity index (χ2v) is 6.27. The first-order valence-electron chi connectivity index (χ1n) is 6.07. The number of aromatic amines is 2. The lowest BCUT2D eigenvalue weighted by Gasteiger charge is -1.96. The van der Waals surface area contributed by atoms with Gasteiger partial charge in [-0.05, 0) is 41.6 Å². The van der Waals surface area contributed by atoms with E-state index in [2.05, 4.69) is 38.0 Å². The third-order valence-corrected chi connectivity index (χ3v) is 4.41. The van der Waals surface area contributed by atoms with Gasteiger partial charge in [0.2, 0.25) is 0 Å². The monoisotopic (exact) mass is 344 g/mol. The van der Waals surface area contributed by atoms with Crippen LogP contribution in [0.2, 0.25) is 0 Å². The molecule has 0 aliphatic rings. The lowest BCUT2D eigenvalue weighted by atomic mass is 10.2. The molecular weight excluding hydrogens is 334 g/mol. The number of hydrogen-bond acceptors (Lipinski definition) is 2. The molecule has 1 heterocycles. The maximum Gasteiger partial charge on any atom is 0.314 e. The summed E-state index contributed by atoms with van der Waals surface area (Å²) < 4.78 is 1.06. The van der Waals surface area contributed by atoms with Gasteiger partial charge in [-0.1, -0.05) is 28.1 Å². The first-order chi connectivity index (χ1) is 9.74. The maximum absolute atomic E-state index is 8.77.